The van der Waals surface area contributed by atoms with Gasteiger partial charge in [0.25, 0.3) is 5.91 Å². The van der Waals surface area contributed by atoms with Crippen molar-refractivity contribution >= 4 is 18.0 Å². The van der Waals surface area contributed by atoms with Gasteiger partial charge in [0.1, 0.15) is 6.29 Å². The fraction of sp³-hybridized carbons (Fsp3) is 0.182. The lowest BCUT2D eigenvalue weighted by Crippen LogP contribution is -2.33. The van der Waals surface area contributed by atoms with Crippen molar-refractivity contribution < 1.29 is 14.8 Å². The van der Waals surface area contributed by atoms with Crippen LogP contribution in [-0.4, -0.2) is 29.3 Å². The van der Waals surface area contributed by atoms with E-state index in [1.54, 1.807) is 19.1 Å². The zero-order valence-corrected chi connectivity index (χ0v) is 9.25. The summed E-state index contributed by atoms with van der Waals surface area (Å²) in [4.78, 5) is 22.0. The number of amidine groups is 1. The van der Waals surface area contributed by atoms with Crippen LogP contribution < -0.4 is 11.1 Å². The molecule has 90 valence electrons. The van der Waals surface area contributed by atoms with Crippen LogP contribution in [-0.2, 0) is 4.79 Å². The van der Waals surface area contributed by atoms with Gasteiger partial charge in [0, 0.05) is 11.1 Å². The van der Waals surface area contributed by atoms with E-state index >= 15 is 0 Å². The van der Waals surface area contributed by atoms with Crippen LogP contribution in [0.4, 0.5) is 0 Å². The van der Waals surface area contributed by atoms with E-state index in [1.807, 2.05) is 0 Å². The van der Waals surface area contributed by atoms with Crippen molar-refractivity contribution in [3.05, 3.63) is 35.4 Å². The SMILES string of the molecule is C[C@@H](C=O)NC(=O)c1ccc(/C(N)=N/O)cc1. The van der Waals surface area contributed by atoms with Gasteiger partial charge in [-0.25, -0.2) is 0 Å². The Labute approximate surface area is 98.1 Å². The second-order valence-electron chi connectivity index (χ2n) is 3.46. The summed E-state index contributed by atoms with van der Waals surface area (Å²) >= 11 is 0. The number of nitrogens with zero attached hydrogens (tertiary/aromatic N) is 1. The van der Waals surface area contributed by atoms with Gasteiger partial charge in [-0.05, 0) is 19.1 Å². The number of rotatable bonds is 4. The first-order chi connectivity index (χ1) is 8.08. The average molecular weight is 235 g/mol. The monoisotopic (exact) mass is 235 g/mol. The third kappa shape index (κ3) is 3.30. The second-order valence-corrected chi connectivity index (χ2v) is 3.46. The van der Waals surface area contributed by atoms with E-state index in [0.717, 1.165) is 0 Å². The molecule has 0 aromatic heterocycles. The van der Waals surface area contributed by atoms with Crippen LogP contribution >= 0.6 is 0 Å². The minimum Gasteiger partial charge on any atom is -0.409 e. The maximum Gasteiger partial charge on any atom is 0.251 e. The van der Waals surface area contributed by atoms with Gasteiger partial charge in [-0.2, -0.15) is 0 Å². The van der Waals surface area contributed by atoms with Crippen molar-refractivity contribution in [2.45, 2.75) is 13.0 Å². The summed E-state index contributed by atoms with van der Waals surface area (Å²) in [6.07, 6.45) is 0.642. The molecule has 0 unspecified atom stereocenters. The smallest absolute Gasteiger partial charge is 0.251 e. The van der Waals surface area contributed by atoms with E-state index in [2.05, 4.69) is 10.5 Å². The molecule has 1 aromatic carbocycles. The van der Waals surface area contributed by atoms with Crippen molar-refractivity contribution in [2.75, 3.05) is 0 Å². The van der Waals surface area contributed by atoms with Crippen molar-refractivity contribution in [3.8, 4) is 0 Å². The molecule has 0 fully saturated rings. The highest BCUT2D eigenvalue weighted by Gasteiger charge is 2.09. The van der Waals surface area contributed by atoms with Crippen LogP contribution in [0.1, 0.15) is 22.8 Å². The van der Waals surface area contributed by atoms with Gasteiger partial charge in [0.05, 0.1) is 6.04 Å². The predicted molar refractivity (Wildman–Crippen MR) is 61.9 cm³/mol. The number of benzene rings is 1. The number of nitrogens with one attached hydrogen (secondary N) is 1. The molecule has 17 heavy (non-hydrogen) atoms. The van der Waals surface area contributed by atoms with Crippen LogP contribution in [0.5, 0.6) is 0 Å². The minimum absolute atomic E-state index is 0.0294. The lowest BCUT2D eigenvalue weighted by molar-refractivity contribution is -0.109. The lowest BCUT2D eigenvalue weighted by Gasteiger charge is -2.07. The zero-order chi connectivity index (χ0) is 12.8. The summed E-state index contributed by atoms with van der Waals surface area (Å²) in [6, 6.07) is 5.62. The Morgan fingerprint density at radius 3 is 2.41 bits per heavy atom. The Kier molecular flexibility index (Phi) is 4.21. The van der Waals surface area contributed by atoms with Crippen molar-refractivity contribution in [3.63, 3.8) is 0 Å². The first-order valence-corrected chi connectivity index (χ1v) is 4.92. The minimum atomic E-state index is -0.536. The molecular weight excluding hydrogens is 222 g/mol. The van der Waals surface area contributed by atoms with Crippen molar-refractivity contribution in [1.29, 1.82) is 0 Å². The second kappa shape index (κ2) is 5.64. The van der Waals surface area contributed by atoms with E-state index in [4.69, 9.17) is 10.9 Å². The molecule has 0 saturated heterocycles. The molecule has 0 aliphatic heterocycles. The first kappa shape index (κ1) is 12.7. The van der Waals surface area contributed by atoms with Gasteiger partial charge in [-0.3, -0.25) is 4.79 Å². The molecule has 1 amide bonds. The van der Waals surface area contributed by atoms with Gasteiger partial charge in [-0.1, -0.05) is 17.3 Å². The Morgan fingerprint density at radius 2 is 1.94 bits per heavy atom. The molecule has 6 nitrogen and oxygen atoms in total. The van der Waals surface area contributed by atoms with Crippen molar-refractivity contribution in [2.24, 2.45) is 10.9 Å². The van der Waals surface area contributed by atoms with E-state index in [1.165, 1.54) is 12.1 Å². The summed E-state index contributed by atoms with van der Waals surface area (Å²) in [6.45, 7) is 1.58. The van der Waals surface area contributed by atoms with Crippen LogP contribution in [0.3, 0.4) is 0 Å². The molecule has 0 aliphatic carbocycles. The number of amides is 1. The van der Waals surface area contributed by atoms with Gasteiger partial charge >= 0.3 is 0 Å². The van der Waals surface area contributed by atoms with Crippen LogP contribution in [0.25, 0.3) is 0 Å². The fourth-order valence-corrected chi connectivity index (χ4v) is 1.17. The molecular formula is C11H13N3O3. The first-order valence-electron chi connectivity index (χ1n) is 4.92. The summed E-state index contributed by atoms with van der Waals surface area (Å²) in [7, 11) is 0. The zero-order valence-electron chi connectivity index (χ0n) is 9.25. The Hall–Kier alpha value is -2.37. The Balaban J connectivity index is 2.81. The van der Waals surface area contributed by atoms with E-state index in [-0.39, 0.29) is 11.7 Å². The molecule has 0 radical (unpaired) electrons. The molecule has 0 aliphatic rings. The standard InChI is InChI=1S/C11H13N3O3/c1-7(6-15)13-11(16)9-4-2-8(3-5-9)10(12)14-17/h2-7,17H,1H3,(H2,12,14)(H,13,16)/t7-/m0/s1. The Bertz CT molecular complexity index is 440. The van der Waals surface area contributed by atoms with E-state index < -0.39 is 6.04 Å². The van der Waals surface area contributed by atoms with Crippen LogP contribution in [0.2, 0.25) is 0 Å². The van der Waals surface area contributed by atoms with E-state index in [0.29, 0.717) is 17.4 Å². The summed E-state index contributed by atoms with van der Waals surface area (Å²) in [5.41, 5.74) is 6.28. The van der Waals surface area contributed by atoms with Crippen LogP contribution in [0.15, 0.2) is 29.4 Å². The number of carbonyl (C=O) groups excluding carboxylic acids is 2. The third-order valence-corrected chi connectivity index (χ3v) is 2.11. The average Bonchev–Trinajstić information content (AvgIpc) is 2.37. The maximum absolute atomic E-state index is 11.6. The number of hydrogen-bond acceptors (Lipinski definition) is 4. The molecule has 0 spiro atoms. The van der Waals surface area contributed by atoms with Gasteiger partial charge in [0.2, 0.25) is 0 Å². The molecule has 0 bridgehead atoms. The lowest BCUT2D eigenvalue weighted by atomic mass is 10.1. The molecule has 1 aromatic rings. The maximum atomic E-state index is 11.6. The molecule has 6 heteroatoms. The predicted octanol–water partition coefficient (Wildman–Crippen LogP) is 0.0983. The highest BCUT2D eigenvalue weighted by atomic mass is 16.4. The fourth-order valence-electron chi connectivity index (χ4n) is 1.17. The third-order valence-electron chi connectivity index (χ3n) is 2.11. The van der Waals surface area contributed by atoms with Crippen LogP contribution in [0, 0.1) is 0 Å². The molecule has 1 rings (SSSR count). The molecule has 0 saturated carbocycles. The Morgan fingerprint density at radius 1 is 1.41 bits per heavy atom. The highest BCUT2D eigenvalue weighted by molar-refractivity contribution is 5.99. The summed E-state index contributed by atoms with van der Waals surface area (Å²) < 4.78 is 0. The number of hydrogen-bond donors (Lipinski definition) is 3. The van der Waals surface area contributed by atoms with Crippen molar-refractivity contribution in [1.82, 2.24) is 5.32 Å². The molecule has 1 atom stereocenters. The van der Waals surface area contributed by atoms with Gasteiger partial charge in [-0.15, -0.1) is 0 Å². The highest BCUT2D eigenvalue weighted by Crippen LogP contribution is 2.04. The number of nitrogens with two attached hydrogens (primary N) is 1. The summed E-state index contributed by atoms with van der Waals surface area (Å²) in [5, 5.41) is 13.8. The number of oxime groups is 1. The molecule has 4 N–H and O–H groups in total. The largest absolute Gasteiger partial charge is 0.409 e. The van der Waals surface area contributed by atoms with Gasteiger partial charge in [0.15, 0.2) is 5.84 Å². The summed E-state index contributed by atoms with van der Waals surface area (Å²) in [5.74, 6) is -0.381. The van der Waals surface area contributed by atoms with Gasteiger partial charge < -0.3 is 21.1 Å². The number of carbonyl (C=O) groups is 2. The number of aldehydes is 1. The molecule has 0 heterocycles. The topological polar surface area (TPSA) is 105 Å². The normalized spacial score (nSPS) is 12.9. The van der Waals surface area contributed by atoms with E-state index in [9.17, 15) is 9.59 Å². The quantitative estimate of drug-likeness (QED) is 0.226.